The number of piperidine rings is 1. The average Bonchev–Trinajstić information content (AvgIpc) is 2.88. The lowest BCUT2D eigenvalue weighted by atomic mass is 10.0. The van der Waals surface area contributed by atoms with E-state index in [1.165, 1.54) is 18.2 Å². The topological polar surface area (TPSA) is 38.8 Å². The third-order valence-corrected chi connectivity index (χ3v) is 7.88. The van der Waals surface area contributed by atoms with E-state index in [0.717, 1.165) is 50.4 Å². The number of carbonyl (C=O) groups is 1. The minimum Gasteiger partial charge on any atom is -0.381 e. The molecule has 0 aromatic heterocycles. The highest BCUT2D eigenvalue weighted by atomic mass is 32.2. The molecular formula is C26H32F6N4OS. The van der Waals surface area contributed by atoms with E-state index in [1.54, 1.807) is 18.2 Å². The maximum atomic E-state index is 12.9. The van der Waals surface area contributed by atoms with Crippen molar-refractivity contribution in [2.45, 2.75) is 54.7 Å². The van der Waals surface area contributed by atoms with Crippen molar-refractivity contribution in [2.75, 3.05) is 51.1 Å². The number of nitrogens with zero attached hydrogens (tertiary/aromatic N) is 3. The SMILES string of the molecule is O=C(CCN1CCN(C2=CC=C(C(F)(F)F)CC2)CC1)N1CCC[C@H](Nc2ccc(SC(F)(F)F)cc2)C1. The van der Waals surface area contributed by atoms with E-state index in [0.29, 0.717) is 32.5 Å². The number of rotatable bonds is 7. The number of hydrogen-bond donors (Lipinski definition) is 1. The smallest absolute Gasteiger partial charge is 0.381 e. The van der Waals surface area contributed by atoms with Gasteiger partial charge in [-0.2, -0.15) is 26.3 Å². The molecule has 1 aliphatic carbocycles. The molecule has 0 spiro atoms. The summed E-state index contributed by atoms with van der Waals surface area (Å²) in [6, 6.07) is 6.17. The van der Waals surface area contributed by atoms with Crippen molar-refractivity contribution in [1.82, 2.24) is 14.7 Å². The predicted octanol–water partition coefficient (Wildman–Crippen LogP) is 5.88. The highest BCUT2D eigenvalue weighted by molar-refractivity contribution is 8.00. The van der Waals surface area contributed by atoms with Crippen LogP contribution in [0, 0.1) is 0 Å². The summed E-state index contributed by atoms with van der Waals surface area (Å²) in [5, 5.41) is 3.34. The summed E-state index contributed by atoms with van der Waals surface area (Å²) in [6.45, 7) is 4.84. The zero-order chi connectivity index (χ0) is 27.3. The molecule has 2 saturated heterocycles. The van der Waals surface area contributed by atoms with Crippen molar-refractivity contribution < 1.29 is 31.1 Å². The largest absolute Gasteiger partial charge is 0.446 e. The standard InChI is InChI=1S/C26H32F6N4OS/c27-25(28,29)19-3-7-22(8-4-19)35-16-14-34(15-17-35)13-11-24(37)36-12-1-2-21(18-36)33-20-5-9-23(10-6-20)38-26(30,31)32/h3,5-7,9-10,21,33H,1-2,4,8,11-18H2/t21-/m0/s1. The summed E-state index contributed by atoms with van der Waals surface area (Å²) in [5.41, 5.74) is -3.13. The Balaban J connectivity index is 1.18. The van der Waals surface area contributed by atoms with Crippen molar-refractivity contribution >= 4 is 23.4 Å². The zero-order valence-electron chi connectivity index (χ0n) is 21.0. The fourth-order valence-electron chi connectivity index (χ4n) is 5.11. The molecule has 0 saturated carbocycles. The molecule has 1 aromatic rings. The second-order valence-electron chi connectivity index (χ2n) is 9.82. The number of anilines is 1. The van der Waals surface area contributed by atoms with E-state index in [2.05, 4.69) is 15.1 Å². The Bertz CT molecular complexity index is 1020. The van der Waals surface area contributed by atoms with Crippen LogP contribution in [0.15, 0.2) is 52.6 Å². The van der Waals surface area contributed by atoms with Gasteiger partial charge in [0.15, 0.2) is 0 Å². The van der Waals surface area contributed by atoms with Gasteiger partial charge in [-0.1, -0.05) is 6.08 Å². The number of carbonyl (C=O) groups excluding carboxylic acids is 1. The summed E-state index contributed by atoms with van der Waals surface area (Å²) < 4.78 is 76.1. The summed E-state index contributed by atoms with van der Waals surface area (Å²) in [4.78, 5) is 19.2. The molecule has 1 N–H and O–H groups in total. The molecule has 2 aliphatic heterocycles. The molecule has 0 unspecified atom stereocenters. The lowest BCUT2D eigenvalue weighted by molar-refractivity contribution is -0.132. The van der Waals surface area contributed by atoms with Gasteiger partial charge in [0.05, 0.1) is 0 Å². The molecule has 3 aliphatic rings. The fourth-order valence-corrected chi connectivity index (χ4v) is 5.65. The van der Waals surface area contributed by atoms with Crippen molar-refractivity contribution in [2.24, 2.45) is 0 Å². The fraction of sp³-hybridized carbons (Fsp3) is 0.577. The van der Waals surface area contributed by atoms with E-state index in [-0.39, 0.29) is 35.0 Å². The number of thioether (sulfide) groups is 1. The number of piperazine rings is 1. The van der Waals surface area contributed by atoms with Crippen LogP contribution in [0.2, 0.25) is 0 Å². The number of benzene rings is 1. The van der Waals surface area contributed by atoms with E-state index >= 15 is 0 Å². The van der Waals surface area contributed by atoms with Gasteiger partial charge < -0.3 is 15.1 Å². The summed E-state index contributed by atoms with van der Waals surface area (Å²) >= 11 is -0.145. The van der Waals surface area contributed by atoms with Gasteiger partial charge in [-0.25, -0.2) is 0 Å². The first-order valence-electron chi connectivity index (χ1n) is 12.8. The molecule has 1 aromatic carbocycles. The number of amides is 1. The molecule has 2 fully saturated rings. The normalized spacial score (nSPS) is 21.7. The summed E-state index contributed by atoms with van der Waals surface area (Å²) in [7, 11) is 0. The van der Waals surface area contributed by atoms with Crippen LogP contribution in [0.3, 0.4) is 0 Å². The quantitative estimate of drug-likeness (QED) is 0.332. The van der Waals surface area contributed by atoms with Crippen molar-refractivity contribution in [1.29, 1.82) is 0 Å². The molecule has 1 atom stereocenters. The Labute approximate surface area is 222 Å². The number of hydrogen-bond acceptors (Lipinski definition) is 5. The molecule has 210 valence electrons. The Morgan fingerprint density at radius 2 is 1.66 bits per heavy atom. The van der Waals surface area contributed by atoms with Gasteiger partial charge in [0.2, 0.25) is 5.91 Å². The van der Waals surface area contributed by atoms with Crippen molar-refractivity contribution in [3.05, 3.63) is 47.7 Å². The van der Waals surface area contributed by atoms with Gasteiger partial charge in [-0.05, 0) is 67.8 Å². The average molecular weight is 563 g/mol. The van der Waals surface area contributed by atoms with Gasteiger partial charge in [-0.3, -0.25) is 9.69 Å². The first kappa shape index (κ1) is 28.7. The third-order valence-electron chi connectivity index (χ3n) is 7.14. The second kappa shape index (κ2) is 12.2. The number of alkyl halides is 6. The molecular weight excluding hydrogens is 530 g/mol. The van der Waals surface area contributed by atoms with Crippen molar-refractivity contribution in [3.8, 4) is 0 Å². The maximum Gasteiger partial charge on any atom is 0.446 e. The molecule has 2 heterocycles. The van der Waals surface area contributed by atoms with Crippen molar-refractivity contribution in [3.63, 3.8) is 0 Å². The molecule has 38 heavy (non-hydrogen) atoms. The number of nitrogens with one attached hydrogen (secondary N) is 1. The van der Waals surface area contributed by atoms with Crippen LogP contribution < -0.4 is 5.32 Å². The highest BCUT2D eigenvalue weighted by Crippen LogP contribution is 2.37. The van der Waals surface area contributed by atoms with Crippen LogP contribution in [0.25, 0.3) is 0 Å². The Morgan fingerprint density at radius 3 is 2.26 bits per heavy atom. The Kier molecular flexibility index (Phi) is 9.23. The van der Waals surface area contributed by atoms with Gasteiger partial charge in [-0.15, -0.1) is 0 Å². The molecule has 0 bridgehead atoms. The first-order valence-corrected chi connectivity index (χ1v) is 13.6. The van der Waals surface area contributed by atoms with Gasteiger partial charge in [0.1, 0.15) is 0 Å². The van der Waals surface area contributed by atoms with E-state index in [4.69, 9.17) is 0 Å². The lowest BCUT2D eigenvalue weighted by Crippen LogP contribution is -2.48. The summed E-state index contributed by atoms with van der Waals surface area (Å²) in [6.07, 6.45) is 1.04. The maximum absolute atomic E-state index is 12.9. The van der Waals surface area contributed by atoms with Gasteiger partial charge in [0.25, 0.3) is 0 Å². The summed E-state index contributed by atoms with van der Waals surface area (Å²) in [5.74, 6) is 0.0793. The minimum atomic E-state index is -4.32. The lowest BCUT2D eigenvalue weighted by Gasteiger charge is -2.38. The van der Waals surface area contributed by atoms with Crippen LogP contribution >= 0.6 is 11.8 Å². The molecule has 4 rings (SSSR count). The molecule has 0 radical (unpaired) electrons. The second-order valence-corrected chi connectivity index (χ2v) is 11.0. The molecule has 12 heteroatoms. The van der Waals surface area contributed by atoms with Crippen LogP contribution in [0.1, 0.15) is 32.1 Å². The van der Waals surface area contributed by atoms with Crippen LogP contribution in [0.4, 0.5) is 32.0 Å². The number of likely N-dealkylation sites (tertiary alicyclic amines) is 1. The van der Waals surface area contributed by atoms with Crippen LogP contribution in [-0.2, 0) is 4.79 Å². The van der Waals surface area contributed by atoms with Gasteiger partial charge >= 0.3 is 11.7 Å². The third kappa shape index (κ3) is 8.33. The Hall–Kier alpha value is -2.34. The highest BCUT2D eigenvalue weighted by Gasteiger charge is 2.34. The first-order chi connectivity index (χ1) is 18.0. The predicted molar refractivity (Wildman–Crippen MR) is 136 cm³/mol. The van der Waals surface area contributed by atoms with Crippen LogP contribution in [0.5, 0.6) is 0 Å². The minimum absolute atomic E-state index is 0.0121. The molecule has 5 nitrogen and oxygen atoms in total. The molecule has 1 amide bonds. The van der Waals surface area contributed by atoms with E-state index in [1.807, 2.05) is 4.90 Å². The zero-order valence-corrected chi connectivity index (χ0v) is 21.8. The van der Waals surface area contributed by atoms with E-state index in [9.17, 15) is 31.1 Å². The Morgan fingerprint density at radius 1 is 0.947 bits per heavy atom. The van der Waals surface area contributed by atoms with Gasteiger partial charge in [0, 0.05) is 80.1 Å². The monoisotopic (exact) mass is 562 g/mol. The van der Waals surface area contributed by atoms with E-state index < -0.39 is 17.3 Å². The van der Waals surface area contributed by atoms with Crippen LogP contribution in [-0.4, -0.2) is 84.1 Å². The number of halogens is 6. The number of allylic oxidation sites excluding steroid dienone is 4.